The third-order valence-electron chi connectivity index (χ3n) is 2.47. The van der Waals surface area contributed by atoms with E-state index in [1.807, 2.05) is 0 Å². The Kier molecular flexibility index (Phi) is 4.13. The van der Waals surface area contributed by atoms with Gasteiger partial charge in [-0.05, 0) is 24.4 Å². The summed E-state index contributed by atoms with van der Waals surface area (Å²) in [5.41, 5.74) is 0.534. The second kappa shape index (κ2) is 5.99. The van der Waals surface area contributed by atoms with Gasteiger partial charge >= 0.3 is 0 Å². The molecule has 1 aliphatic heterocycles. The van der Waals surface area contributed by atoms with Crippen LogP contribution in [0.1, 0.15) is 5.56 Å². The van der Waals surface area contributed by atoms with Crippen LogP contribution < -0.4 is 15.4 Å². The smallest absolute Gasteiger partial charge is 0.263 e. The standard InChI is InChI=1S/C14H10N2O3S/c1-2-7-19-11-6-4-3-5-9(11)8-10-12(17)15-14(20)16-13(10)18/h1,3-6,8H,7H2,(H2,15,16,17,18,20). The normalized spacial score (nSPS) is 14.2. The Bertz CT molecular complexity index is 637. The Morgan fingerprint density at radius 1 is 1.25 bits per heavy atom. The highest BCUT2D eigenvalue weighted by atomic mass is 32.1. The van der Waals surface area contributed by atoms with Gasteiger partial charge in [-0.2, -0.15) is 0 Å². The number of thiocarbonyl (C=S) groups is 1. The summed E-state index contributed by atoms with van der Waals surface area (Å²) in [6.07, 6.45) is 6.57. The second-order valence-electron chi connectivity index (χ2n) is 3.83. The number of carbonyl (C=O) groups is 2. The predicted octanol–water partition coefficient (Wildman–Crippen LogP) is 0.613. The molecule has 1 heterocycles. The summed E-state index contributed by atoms with van der Waals surface area (Å²) in [5.74, 6) is 1.74. The molecule has 2 amide bonds. The molecule has 6 heteroatoms. The first-order valence-corrected chi connectivity index (χ1v) is 6.06. The summed E-state index contributed by atoms with van der Waals surface area (Å²) in [6, 6.07) is 6.95. The van der Waals surface area contributed by atoms with Crippen LogP contribution in [0.4, 0.5) is 0 Å². The van der Waals surface area contributed by atoms with Gasteiger partial charge in [0.2, 0.25) is 0 Å². The summed E-state index contributed by atoms with van der Waals surface area (Å²) >= 11 is 4.72. The van der Waals surface area contributed by atoms with Crippen molar-refractivity contribution in [1.29, 1.82) is 0 Å². The van der Waals surface area contributed by atoms with Crippen molar-refractivity contribution >= 4 is 35.2 Å². The van der Waals surface area contributed by atoms with Crippen LogP contribution in [0, 0.1) is 12.3 Å². The molecule has 1 saturated heterocycles. The first-order valence-electron chi connectivity index (χ1n) is 5.65. The number of amides is 2. The molecule has 0 aromatic heterocycles. The summed E-state index contributed by atoms with van der Waals surface area (Å²) in [5, 5.41) is 4.72. The van der Waals surface area contributed by atoms with Crippen LogP contribution in [-0.2, 0) is 9.59 Å². The predicted molar refractivity (Wildman–Crippen MR) is 77.6 cm³/mol. The zero-order valence-corrected chi connectivity index (χ0v) is 11.1. The van der Waals surface area contributed by atoms with Gasteiger partial charge in [-0.1, -0.05) is 24.1 Å². The van der Waals surface area contributed by atoms with Crippen LogP contribution in [0.3, 0.4) is 0 Å². The highest BCUT2D eigenvalue weighted by Gasteiger charge is 2.25. The number of terminal acetylenes is 1. The Morgan fingerprint density at radius 2 is 1.90 bits per heavy atom. The summed E-state index contributed by atoms with van der Waals surface area (Å²) in [7, 11) is 0. The average Bonchev–Trinajstić information content (AvgIpc) is 2.41. The van der Waals surface area contributed by atoms with Crippen molar-refractivity contribution in [1.82, 2.24) is 10.6 Å². The number of hydrogen-bond acceptors (Lipinski definition) is 4. The zero-order valence-electron chi connectivity index (χ0n) is 10.3. The van der Waals surface area contributed by atoms with E-state index in [0.717, 1.165) is 0 Å². The average molecular weight is 286 g/mol. The maximum Gasteiger partial charge on any atom is 0.263 e. The molecule has 0 radical (unpaired) electrons. The van der Waals surface area contributed by atoms with E-state index < -0.39 is 11.8 Å². The lowest BCUT2D eigenvalue weighted by molar-refractivity contribution is -0.123. The molecule has 0 unspecified atom stereocenters. The Morgan fingerprint density at radius 3 is 2.55 bits per heavy atom. The molecular formula is C14H10N2O3S. The van der Waals surface area contributed by atoms with Gasteiger partial charge < -0.3 is 4.74 Å². The number of carbonyl (C=O) groups excluding carboxylic acids is 2. The lowest BCUT2D eigenvalue weighted by atomic mass is 10.1. The van der Waals surface area contributed by atoms with E-state index in [2.05, 4.69) is 16.6 Å². The molecule has 0 spiro atoms. The Hall–Kier alpha value is -2.65. The van der Waals surface area contributed by atoms with E-state index in [1.165, 1.54) is 6.08 Å². The molecule has 2 N–H and O–H groups in total. The highest BCUT2D eigenvalue weighted by Crippen LogP contribution is 2.21. The van der Waals surface area contributed by atoms with Crippen molar-refractivity contribution in [2.45, 2.75) is 0 Å². The van der Waals surface area contributed by atoms with Crippen LogP contribution in [0.2, 0.25) is 0 Å². The molecule has 100 valence electrons. The molecule has 1 aliphatic rings. The number of ether oxygens (including phenoxy) is 1. The fourth-order valence-corrected chi connectivity index (χ4v) is 1.80. The van der Waals surface area contributed by atoms with Crippen molar-refractivity contribution in [3.05, 3.63) is 35.4 Å². The minimum atomic E-state index is -0.550. The van der Waals surface area contributed by atoms with Gasteiger partial charge in [-0.15, -0.1) is 6.42 Å². The van der Waals surface area contributed by atoms with E-state index in [1.54, 1.807) is 24.3 Å². The number of benzene rings is 1. The second-order valence-corrected chi connectivity index (χ2v) is 4.23. The molecule has 0 bridgehead atoms. The first kappa shape index (κ1) is 13.8. The number of rotatable bonds is 3. The van der Waals surface area contributed by atoms with Gasteiger partial charge in [-0.25, -0.2) is 0 Å². The summed E-state index contributed by atoms with van der Waals surface area (Å²) in [6.45, 7) is 0.0999. The number of nitrogens with one attached hydrogen (secondary N) is 2. The fraction of sp³-hybridized carbons (Fsp3) is 0.0714. The molecule has 0 atom stereocenters. The van der Waals surface area contributed by atoms with Crippen LogP contribution >= 0.6 is 12.2 Å². The van der Waals surface area contributed by atoms with Crippen molar-refractivity contribution in [3.8, 4) is 18.1 Å². The van der Waals surface area contributed by atoms with Crippen LogP contribution in [0.15, 0.2) is 29.8 Å². The number of hydrogen-bond donors (Lipinski definition) is 2. The van der Waals surface area contributed by atoms with Crippen molar-refractivity contribution in [3.63, 3.8) is 0 Å². The summed E-state index contributed by atoms with van der Waals surface area (Å²) < 4.78 is 5.35. The Labute approximate surface area is 121 Å². The molecular weight excluding hydrogens is 276 g/mol. The van der Waals surface area contributed by atoms with Crippen LogP contribution in [0.25, 0.3) is 6.08 Å². The molecule has 0 aliphatic carbocycles. The van der Waals surface area contributed by atoms with Gasteiger partial charge in [0.25, 0.3) is 11.8 Å². The Balaban J connectivity index is 2.35. The number of para-hydroxylation sites is 1. The third-order valence-corrected chi connectivity index (χ3v) is 2.68. The fourth-order valence-electron chi connectivity index (χ4n) is 1.61. The molecule has 2 rings (SSSR count). The highest BCUT2D eigenvalue weighted by molar-refractivity contribution is 7.80. The monoisotopic (exact) mass is 286 g/mol. The molecule has 1 aromatic rings. The minimum Gasteiger partial charge on any atom is -0.480 e. The van der Waals surface area contributed by atoms with Crippen LogP contribution in [-0.4, -0.2) is 23.5 Å². The van der Waals surface area contributed by atoms with Gasteiger partial charge in [0.05, 0.1) is 0 Å². The zero-order chi connectivity index (χ0) is 14.5. The van der Waals surface area contributed by atoms with Crippen molar-refractivity contribution < 1.29 is 14.3 Å². The van der Waals surface area contributed by atoms with Crippen LogP contribution in [0.5, 0.6) is 5.75 Å². The van der Waals surface area contributed by atoms with Crippen molar-refractivity contribution in [2.75, 3.05) is 6.61 Å². The quantitative estimate of drug-likeness (QED) is 0.370. The molecule has 20 heavy (non-hydrogen) atoms. The van der Waals surface area contributed by atoms with E-state index in [4.69, 9.17) is 23.4 Å². The first-order chi connectivity index (χ1) is 9.61. The van der Waals surface area contributed by atoms with Gasteiger partial charge in [0.15, 0.2) is 5.11 Å². The van der Waals surface area contributed by atoms with E-state index in [-0.39, 0.29) is 17.3 Å². The van der Waals surface area contributed by atoms with Gasteiger partial charge in [-0.3, -0.25) is 20.2 Å². The SMILES string of the molecule is C#CCOc1ccccc1C=C1C(=O)NC(=S)NC1=O. The van der Waals surface area contributed by atoms with E-state index >= 15 is 0 Å². The maximum absolute atomic E-state index is 11.7. The molecule has 1 aromatic carbocycles. The molecule has 1 fully saturated rings. The minimum absolute atomic E-state index is 0.00554. The summed E-state index contributed by atoms with van der Waals surface area (Å²) in [4.78, 5) is 23.5. The van der Waals surface area contributed by atoms with Gasteiger partial charge in [0, 0.05) is 5.56 Å². The maximum atomic E-state index is 11.7. The third kappa shape index (κ3) is 3.02. The van der Waals surface area contributed by atoms with Gasteiger partial charge in [0.1, 0.15) is 17.9 Å². The van der Waals surface area contributed by atoms with E-state index in [0.29, 0.717) is 11.3 Å². The largest absolute Gasteiger partial charge is 0.480 e. The lowest BCUT2D eigenvalue weighted by Crippen LogP contribution is -2.51. The van der Waals surface area contributed by atoms with E-state index in [9.17, 15) is 9.59 Å². The lowest BCUT2D eigenvalue weighted by Gasteiger charge is -2.16. The molecule has 5 nitrogen and oxygen atoms in total. The van der Waals surface area contributed by atoms with Crippen molar-refractivity contribution in [2.24, 2.45) is 0 Å². The topological polar surface area (TPSA) is 67.4 Å². The molecule has 0 saturated carbocycles.